The van der Waals surface area contributed by atoms with E-state index in [1.807, 2.05) is 17.7 Å². The van der Waals surface area contributed by atoms with E-state index in [9.17, 15) is 9.18 Å². The third-order valence-electron chi connectivity index (χ3n) is 3.61. The van der Waals surface area contributed by atoms with Crippen LogP contribution < -0.4 is 0 Å². The number of rotatable bonds is 2. The quantitative estimate of drug-likeness (QED) is 0.779. The second-order valence-corrected chi connectivity index (χ2v) is 4.76. The van der Waals surface area contributed by atoms with E-state index in [0.717, 1.165) is 22.3 Å². The van der Waals surface area contributed by atoms with Crippen molar-refractivity contribution in [2.45, 2.75) is 0 Å². The van der Waals surface area contributed by atoms with Crippen LogP contribution in [0.4, 0.5) is 4.39 Å². The van der Waals surface area contributed by atoms with Crippen LogP contribution in [0.15, 0.2) is 36.4 Å². The van der Waals surface area contributed by atoms with Crippen LogP contribution in [0.1, 0.15) is 10.5 Å². The van der Waals surface area contributed by atoms with Crippen molar-refractivity contribution in [2.24, 2.45) is 14.1 Å². The highest BCUT2D eigenvalue weighted by Gasteiger charge is 2.15. The van der Waals surface area contributed by atoms with Crippen LogP contribution in [-0.2, 0) is 14.1 Å². The molecular weight excluding hydrogens is 259 g/mol. The first-order valence-corrected chi connectivity index (χ1v) is 6.13. The maximum Gasteiger partial charge on any atom is 0.352 e. The zero-order valence-corrected chi connectivity index (χ0v) is 11.1. The van der Waals surface area contributed by atoms with E-state index in [4.69, 9.17) is 5.11 Å². The topological polar surface area (TPSA) is 47.2 Å². The van der Waals surface area contributed by atoms with E-state index in [1.54, 1.807) is 29.8 Å². The van der Waals surface area contributed by atoms with E-state index in [-0.39, 0.29) is 11.5 Å². The molecule has 0 spiro atoms. The zero-order chi connectivity index (χ0) is 14.4. The lowest BCUT2D eigenvalue weighted by Gasteiger charge is -2.07. The van der Waals surface area contributed by atoms with Crippen LogP contribution in [0.25, 0.3) is 22.3 Å². The molecule has 2 aromatic heterocycles. The van der Waals surface area contributed by atoms with Gasteiger partial charge in [-0.1, -0.05) is 0 Å². The number of aromatic carboxylic acids is 1. The van der Waals surface area contributed by atoms with Crippen molar-refractivity contribution < 1.29 is 14.3 Å². The van der Waals surface area contributed by atoms with Gasteiger partial charge < -0.3 is 14.2 Å². The standard InChI is InChI=1S/C15H13FN2O2/c1-17-11(5-6-12(17)15(19)20)14-7-9-3-4-10(16)8-13(9)18(14)2/h3-8H,1-2H3,(H,19,20). The summed E-state index contributed by atoms with van der Waals surface area (Å²) in [6, 6.07) is 9.86. The lowest BCUT2D eigenvalue weighted by Crippen LogP contribution is -2.06. The Morgan fingerprint density at radius 2 is 1.80 bits per heavy atom. The zero-order valence-electron chi connectivity index (χ0n) is 11.1. The third kappa shape index (κ3) is 1.71. The second-order valence-electron chi connectivity index (χ2n) is 4.76. The van der Waals surface area contributed by atoms with E-state index in [1.165, 1.54) is 12.1 Å². The van der Waals surface area contributed by atoms with E-state index >= 15 is 0 Å². The molecule has 3 rings (SSSR count). The normalized spacial score (nSPS) is 11.2. The van der Waals surface area contributed by atoms with Crippen LogP contribution >= 0.6 is 0 Å². The van der Waals surface area contributed by atoms with Gasteiger partial charge in [0.15, 0.2) is 0 Å². The smallest absolute Gasteiger partial charge is 0.352 e. The summed E-state index contributed by atoms with van der Waals surface area (Å²) in [4.78, 5) is 11.1. The average Bonchev–Trinajstić information content (AvgIpc) is 2.91. The molecule has 0 fully saturated rings. The van der Waals surface area contributed by atoms with Crippen LogP contribution in [0.2, 0.25) is 0 Å². The van der Waals surface area contributed by atoms with Gasteiger partial charge in [0.25, 0.3) is 0 Å². The summed E-state index contributed by atoms with van der Waals surface area (Å²) in [6.07, 6.45) is 0. The minimum atomic E-state index is -0.969. The summed E-state index contributed by atoms with van der Waals surface area (Å²) in [5.74, 6) is -1.26. The summed E-state index contributed by atoms with van der Waals surface area (Å²) in [6.45, 7) is 0. The number of aryl methyl sites for hydroxylation is 1. The number of carboxylic acid groups (broad SMARTS) is 1. The maximum absolute atomic E-state index is 13.3. The number of carbonyl (C=O) groups is 1. The molecule has 0 atom stereocenters. The van der Waals surface area contributed by atoms with Crippen LogP contribution in [0.5, 0.6) is 0 Å². The minimum Gasteiger partial charge on any atom is -0.477 e. The molecule has 0 radical (unpaired) electrons. The van der Waals surface area contributed by atoms with Crippen molar-refractivity contribution in [3.63, 3.8) is 0 Å². The second kappa shape index (κ2) is 4.23. The van der Waals surface area contributed by atoms with Gasteiger partial charge in [-0.2, -0.15) is 0 Å². The number of benzene rings is 1. The van der Waals surface area contributed by atoms with Crippen molar-refractivity contribution in [1.29, 1.82) is 0 Å². The molecule has 4 nitrogen and oxygen atoms in total. The van der Waals surface area contributed by atoms with Crippen molar-refractivity contribution in [3.05, 3.63) is 47.9 Å². The summed E-state index contributed by atoms with van der Waals surface area (Å²) in [5, 5.41) is 10.0. The first-order valence-electron chi connectivity index (χ1n) is 6.13. The Morgan fingerprint density at radius 3 is 2.45 bits per heavy atom. The maximum atomic E-state index is 13.3. The number of hydrogen-bond donors (Lipinski definition) is 1. The molecule has 0 saturated carbocycles. The Kier molecular flexibility index (Phi) is 2.64. The monoisotopic (exact) mass is 272 g/mol. The van der Waals surface area contributed by atoms with Gasteiger partial charge in [-0.05, 0) is 36.4 Å². The van der Waals surface area contributed by atoms with Crippen molar-refractivity contribution in [1.82, 2.24) is 9.13 Å². The molecule has 0 aliphatic heterocycles. The molecule has 5 heteroatoms. The Morgan fingerprint density at radius 1 is 1.05 bits per heavy atom. The lowest BCUT2D eigenvalue weighted by molar-refractivity contribution is 0.0686. The molecular formula is C15H13FN2O2. The van der Waals surface area contributed by atoms with Gasteiger partial charge in [-0.25, -0.2) is 9.18 Å². The molecule has 2 heterocycles. The SMILES string of the molecule is Cn1c(C(=O)O)ccc1-c1cc2ccc(F)cc2n1C. The van der Waals surface area contributed by atoms with Crippen molar-refractivity contribution >= 4 is 16.9 Å². The third-order valence-corrected chi connectivity index (χ3v) is 3.61. The molecule has 0 bridgehead atoms. The van der Waals surface area contributed by atoms with Gasteiger partial charge in [-0.3, -0.25) is 0 Å². The highest BCUT2D eigenvalue weighted by molar-refractivity contribution is 5.90. The highest BCUT2D eigenvalue weighted by atomic mass is 19.1. The molecule has 1 N–H and O–H groups in total. The minimum absolute atomic E-state index is 0.219. The van der Waals surface area contributed by atoms with E-state index in [2.05, 4.69) is 0 Å². The first-order chi connectivity index (χ1) is 9.49. The first kappa shape index (κ1) is 12.5. The Hall–Kier alpha value is -2.56. The molecule has 3 aromatic rings. The van der Waals surface area contributed by atoms with Gasteiger partial charge in [0.05, 0.1) is 16.9 Å². The van der Waals surface area contributed by atoms with Crippen LogP contribution in [0.3, 0.4) is 0 Å². The summed E-state index contributed by atoms with van der Waals surface area (Å²) in [7, 11) is 3.54. The van der Waals surface area contributed by atoms with Crippen molar-refractivity contribution in [3.8, 4) is 11.4 Å². The summed E-state index contributed by atoms with van der Waals surface area (Å²) >= 11 is 0. The fraction of sp³-hybridized carbons (Fsp3) is 0.133. The largest absolute Gasteiger partial charge is 0.477 e. The molecule has 0 aliphatic carbocycles. The molecule has 20 heavy (non-hydrogen) atoms. The average molecular weight is 272 g/mol. The lowest BCUT2D eigenvalue weighted by atomic mass is 10.2. The molecule has 0 unspecified atom stereocenters. The van der Waals surface area contributed by atoms with E-state index < -0.39 is 5.97 Å². The Balaban J connectivity index is 2.25. The number of hydrogen-bond acceptors (Lipinski definition) is 1. The molecule has 0 aliphatic rings. The molecule has 102 valence electrons. The fourth-order valence-electron chi connectivity index (χ4n) is 2.53. The molecule has 0 amide bonds. The number of carboxylic acids is 1. The van der Waals surface area contributed by atoms with Crippen molar-refractivity contribution in [2.75, 3.05) is 0 Å². The number of halogens is 1. The van der Waals surface area contributed by atoms with Gasteiger partial charge in [0.1, 0.15) is 11.5 Å². The van der Waals surface area contributed by atoms with Gasteiger partial charge >= 0.3 is 5.97 Å². The Labute approximate surface area is 114 Å². The number of aromatic nitrogens is 2. The number of nitrogens with zero attached hydrogens (tertiary/aromatic N) is 2. The van der Waals surface area contributed by atoms with Crippen LogP contribution in [0, 0.1) is 5.82 Å². The predicted octanol–water partition coefficient (Wildman–Crippen LogP) is 3.02. The Bertz CT molecular complexity index is 830. The summed E-state index contributed by atoms with van der Waals surface area (Å²) in [5.41, 5.74) is 2.62. The predicted molar refractivity (Wildman–Crippen MR) is 74.2 cm³/mol. The summed E-state index contributed by atoms with van der Waals surface area (Å²) < 4.78 is 16.8. The molecule has 0 saturated heterocycles. The fourth-order valence-corrected chi connectivity index (χ4v) is 2.53. The van der Waals surface area contributed by atoms with Gasteiger partial charge in [-0.15, -0.1) is 0 Å². The van der Waals surface area contributed by atoms with Gasteiger partial charge in [0.2, 0.25) is 0 Å². The van der Waals surface area contributed by atoms with E-state index in [0.29, 0.717) is 0 Å². The number of fused-ring (bicyclic) bond motifs is 1. The van der Waals surface area contributed by atoms with Crippen LogP contribution in [-0.4, -0.2) is 20.2 Å². The van der Waals surface area contributed by atoms with Gasteiger partial charge in [0, 0.05) is 19.5 Å². The highest BCUT2D eigenvalue weighted by Crippen LogP contribution is 2.28. The molecule has 1 aromatic carbocycles.